The van der Waals surface area contributed by atoms with Crippen LogP contribution in [0.4, 0.5) is 4.79 Å². The van der Waals surface area contributed by atoms with Crippen LogP contribution in [0.15, 0.2) is 41.1 Å². The zero-order valence-electron chi connectivity index (χ0n) is 29.9. The number of nitrogens with zero attached hydrogens (tertiary/aromatic N) is 1. The number of aromatic nitrogens is 1. The number of rotatable bonds is 15. The maximum atomic E-state index is 12.7. The van der Waals surface area contributed by atoms with Gasteiger partial charge in [-0.3, -0.25) is 10.7 Å². The molecular formula is C39H63N4O2S2+. The minimum absolute atomic E-state index is 0.0201. The number of alkyl carbamates (subject to hydrolysis) is 1. The first-order valence-electron chi connectivity index (χ1n) is 18.8. The van der Waals surface area contributed by atoms with E-state index in [1.54, 1.807) is 27.2 Å². The van der Waals surface area contributed by atoms with Crippen molar-refractivity contribution < 1.29 is 14.5 Å². The van der Waals surface area contributed by atoms with Gasteiger partial charge >= 0.3 is 6.09 Å². The maximum absolute atomic E-state index is 12.7. The van der Waals surface area contributed by atoms with Gasteiger partial charge in [0.2, 0.25) is 5.84 Å². The zero-order valence-corrected chi connectivity index (χ0v) is 31.5. The molecule has 0 aromatic carbocycles. The molecular weight excluding hydrogens is 621 g/mol. The summed E-state index contributed by atoms with van der Waals surface area (Å²) in [7, 11) is 3.49. The average molecular weight is 684 g/mol. The van der Waals surface area contributed by atoms with Crippen LogP contribution in [0.1, 0.15) is 118 Å². The third-order valence-electron chi connectivity index (χ3n) is 12.7. The summed E-state index contributed by atoms with van der Waals surface area (Å²) in [6, 6.07) is 5.96. The number of pyridine rings is 1. The Hall–Kier alpha value is -1.67. The molecule has 1 aromatic heterocycles. The fourth-order valence-corrected chi connectivity index (χ4v) is 12.2. The van der Waals surface area contributed by atoms with Gasteiger partial charge in [-0.2, -0.15) is 0 Å². The van der Waals surface area contributed by atoms with E-state index in [2.05, 4.69) is 56.0 Å². The molecule has 1 heterocycles. The van der Waals surface area contributed by atoms with Gasteiger partial charge in [-0.15, -0.1) is 0 Å². The summed E-state index contributed by atoms with van der Waals surface area (Å²) in [5.74, 6) is 6.85. The summed E-state index contributed by atoms with van der Waals surface area (Å²) < 4.78 is 5.96. The number of hydrogen-bond acceptors (Lipinski definition) is 5. The third kappa shape index (κ3) is 9.12. The topological polar surface area (TPSA) is 91.2 Å². The molecule has 0 aliphatic heterocycles. The monoisotopic (exact) mass is 683 g/mol. The molecule has 5 rings (SSSR count). The summed E-state index contributed by atoms with van der Waals surface area (Å²) >= 11 is 0. The van der Waals surface area contributed by atoms with E-state index in [9.17, 15) is 4.79 Å². The highest BCUT2D eigenvalue weighted by molar-refractivity contribution is 8.76. The standard InChI is InChI=1S/C39H62N4O2S2/c1-27(2)10-8-11-28(3)32-16-17-33-31-15-14-29-26-30(18-20-38(29,4)34(31)19-21-39(32,33)5)45-37(44)43-24-23-41-35(40)12-9-25-46-47-36-13-6-7-22-42-36/h6-7,13-14,22,27-28,30-34H,8-12,15-21,23-26H2,1-5H3,(H2,40,41)(H,43,44)/p+1. The number of carbonyl (C=O) groups excluding carboxylic acids is 1. The Morgan fingerprint density at radius 3 is 2.74 bits per heavy atom. The number of carbonyl (C=O) groups is 1. The van der Waals surface area contributed by atoms with Crippen LogP contribution >= 0.6 is 21.6 Å². The second-order valence-electron chi connectivity index (χ2n) is 16.1. The van der Waals surface area contributed by atoms with Crippen molar-refractivity contribution in [2.75, 3.05) is 18.8 Å². The quantitative estimate of drug-likeness (QED) is 0.0568. The van der Waals surface area contributed by atoms with Crippen LogP contribution < -0.4 is 16.0 Å². The average Bonchev–Trinajstić information content (AvgIpc) is 3.41. The van der Waals surface area contributed by atoms with Crippen molar-refractivity contribution in [3.05, 3.63) is 36.0 Å². The summed E-state index contributed by atoms with van der Waals surface area (Å²) in [4.78, 5) is 20.3. The van der Waals surface area contributed by atoms with Crippen LogP contribution in [0.2, 0.25) is 0 Å². The Balaban J connectivity index is 1.03. The van der Waals surface area contributed by atoms with Gasteiger partial charge in [-0.05, 0) is 121 Å². The number of allylic oxidation sites excluding steroid dienone is 1. The molecule has 6 nitrogen and oxygen atoms in total. The lowest BCUT2D eigenvalue weighted by molar-refractivity contribution is -0.457. The number of fused-ring (bicyclic) bond motifs is 5. The van der Waals surface area contributed by atoms with Crippen LogP contribution in [0.5, 0.6) is 0 Å². The Bertz CT molecular complexity index is 1220. The van der Waals surface area contributed by atoms with E-state index in [0.717, 1.165) is 84.2 Å². The summed E-state index contributed by atoms with van der Waals surface area (Å²) in [6.45, 7) is 13.6. The molecule has 4 N–H and O–H groups in total. The predicted molar refractivity (Wildman–Crippen MR) is 198 cm³/mol. The molecule has 0 saturated heterocycles. The molecule has 8 heteroatoms. The maximum Gasteiger partial charge on any atom is 0.407 e. The van der Waals surface area contributed by atoms with Crippen molar-refractivity contribution in [1.82, 2.24) is 10.3 Å². The van der Waals surface area contributed by atoms with Crippen molar-refractivity contribution >= 4 is 33.5 Å². The molecule has 1 aromatic rings. The molecule has 0 radical (unpaired) electrons. The first kappa shape index (κ1) is 36.6. The van der Waals surface area contributed by atoms with Gasteiger partial charge in [0.25, 0.3) is 0 Å². The van der Waals surface area contributed by atoms with Gasteiger partial charge < -0.3 is 10.1 Å². The fourth-order valence-electron chi connectivity index (χ4n) is 10.2. The van der Waals surface area contributed by atoms with Gasteiger partial charge in [-0.25, -0.2) is 9.78 Å². The number of amides is 1. The van der Waals surface area contributed by atoms with E-state index in [-0.39, 0.29) is 17.6 Å². The molecule has 4 aliphatic rings. The van der Waals surface area contributed by atoms with E-state index in [4.69, 9.17) is 10.5 Å². The highest BCUT2D eigenvalue weighted by Gasteiger charge is 2.59. The lowest BCUT2D eigenvalue weighted by Gasteiger charge is -2.58. The minimum atomic E-state index is -0.302. The fraction of sp³-hybridized carbons (Fsp3) is 0.769. The normalized spacial score (nSPS) is 32.6. The van der Waals surface area contributed by atoms with E-state index >= 15 is 0 Å². The Labute approximate surface area is 293 Å². The highest BCUT2D eigenvalue weighted by Crippen LogP contribution is 2.67. The molecule has 3 saturated carbocycles. The van der Waals surface area contributed by atoms with Crippen molar-refractivity contribution in [3.63, 3.8) is 0 Å². The van der Waals surface area contributed by atoms with Crippen LogP contribution in [-0.2, 0) is 4.74 Å². The van der Waals surface area contributed by atoms with E-state index < -0.39 is 0 Å². The molecule has 8 unspecified atom stereocenters. The largest absolute Gasteiger partial charge is 0.446 e. The molecule has 47 heavy (non-hydrogen) atoms. The molecule has 0 spiro atoms. The molecule has 0 bridgehead atoms. The summed E-state index contributed by atoms with van der Waals surface area (Å²) in [5.41, 5.74) is 8.53. The van der Waals surface area contributed by atoms with E-state index in [0.29, 0.717) is 18.5 Å². The second kappa shape index (κ2) is 16.8. The van der Waals surface area contributed by atoms with Crippen LogP contribution in [0, 0.1) is 46.3 Å². The number of hydrogen-bond donors (Lipinski definition) is 3. The zero-order chi connectivity index (χ0) is 33.4. The van der Waals surface area contributed by atoms with Gasteiger partial charge in [0.15, 0.2) is 0 Å². The predicted octanol–water partition coefficient (Wildman–Crippen LogP) is 8.18. The van der Waals surface area contributed by atoms with Crippen molar-refractivity contribution in [2.24, 2.45) is 52.1 Å². The Morgan fingerprint density at radius 2 is 1.96 bits per heavy atom. The lowest BCUT2D eigenvalue weighted by atomic mass is 9.47. The second-order valence-corrected chi connectivity index (χ2v) is 18.6. The highest BCUT2D eigenvalue weighted by atomic mass is 33.1. The third-order valence-corrected chi connectivity index (χ3v) is 15.1. The number of nitrogens with one attached hydrogen (secondary N) is 2. The van der Waals surface area contributed by atoms with Gasteiger partial charge in [0.1, 0.15) is 17.7 Å². The number of ether oxygens (including phenoxy) is 1. The van der Waals surface area contributed by atoms with Crippen LogP contribution in [-0.4, -0.2) is 41.9 Å². The summed E-state index contributed by atoms with van der Waals surface area (Å²) in [5, 5.41) is 3.97. The molecule has 262 valence electrons. The van der Waals surface area contributed by atoms with Crippen molar-refractivity contribution in [1.29, 1.82) is 0 Å². The molecule has 3 fully saturated rings. The van der Waals surface area contributed by atoms with Crippen LogP contribution in [0.3, 0.4) is 0 Å². The van der Waals surface area contributed by atoms with Gasteiger partial charge in [0.05, 0.1) is 6.54 Å². The molecule has 8 atom stereocenters. The van der Waals surface area contributed by atoms with Gasteiger partial charge in [0, 0.05) is 24.8 Å². The summed E-state index contributed by atoms with van der Waals surface area (Å²) in [6.07, 6.45) is 20.0. The molecule has 1 amide bonds. The van der Waals surface area contributed by atoms with Gasteiger partial charge in [-0.1, -0.05) is 82.4 Å². The first-order valence-corrected chi connectivity index (χ1v) is 21.1. The van der Waals surface area contributed by atoms with Crippen molar-refractivity contribution in [3.8, 4) is 0 Å². The first-order chi connectivity index (χ1) is 22.6. The smallest absolute Gasteiger partial charge is 0.407 e. The minimum Gasteiger partial charge on any atom is -0.446 e. The Kier molecular flexibility index (Phi) is 13.1. The lowest BCUT2D eigenvalue weighted by Crippen LogP contribution is -2.77. The van der Waals surface area contributed by atoms with E-state index in [1.165, 1.54) is 51.4 Å². The molecule has 4 aliphatic carbocycles. The number of amidine groups is 1. The van der Waals surface area contributed by atoms with E-state index in [1.807, 2.05) is 24.4 Å². The Morgan fingerprint density at radius 1 is 1.11 bits per heavy atom. The van der Waals surface area contributed by atoms with Crippen LogP contribution in [0.25, 0.3) is 0 Å². The van der Waals surface area contributed by atoms with Crippen molar-refractivity contribution in [2.45, 2.75) is 129 Å². The number of nitrogens with two attached hydrogens (primary N) is 1. The SMILES string of the molecule is CC(C)CCCC(C)C1CCC2C3CC=C4CC(OC(=O)NCC[NH+]=C(N)CCCSSc5ccccn5)CCC4(C)C3CCC12C.